The molecule has 0 aromatic carbocycles. The number of aromatic nitrogens is 3. The van der Waals surface area contributed by atoms with Gasteiger partial charge in [0.15, 0.2) is 0 Å². The van der Waals surface area contributed by atoms with E-state index >= 15 is 0 Å². The summed E-state index contributed by atoms with van der Waals surface area (Å²) in [6.07, 6.45) is 1.79. The number of nitrogens with zero attached hydrogens (tertiary/aromatic N) is 2. The third-order valence-corrected chi connectivity index (χ3v) is 2.89. The number of aromatic amines is 1. The van der Waals surface area contributed by atoms with Crippen LogP contribution in [0.25, 0.3) is 10.7 Å². The van der Waals surface area contributed by atoms with Crippen molar-refractivity contribution in [2.75, 3.05) is 0 Å². The monoisotopic (exact) mass is 236 g/mol. The molecule has 0 bridgehead atoms. The van der Waals surface area contributed by atoms with Gasteiger partial charge in [-0.2, -0.15) is 5.10 Å². The summed E-state index contributed by atoms with van der Waals surface area (Å²) in [7, 11) is 0. The zero-order chi connectivity index (χ0) is 11.6. The number of hydrogen-bond donors (Lipinski definition) is 2. The van der Waals surface area contributed by atoms with E-state index in [-0.39, 0.29) is 5.54 Å². The normalized spacial score (nSPS) is 11.9. The van der Waals surface area contributed by atoms with Gasteiger partial charge in [0.05, 0.1) is 0 Å². The van der Waals surface area contributed by atoms with Crippen LogP contribution in [0.15, 0.2) is 17.6 Å². The molecular weight excluding hydrogens is 220 g/mol. The lowest BCUT2D eigenvalue weighted by Crippen LogP contribution is -2.35. The Labute approximate surface area is 99.1 Å². The fraction of sp³-hybridized carbons (Fsp3) is 0.455. The van der Waals surface area contributed by atoms with Crippen molar-refractivity contribution < 1.29 is 0 Å². The zero-order valence-electron chi connectivity index (χ0n) is 9.74. The van der Waals surface area contributed by atoms with Crippen LogP contribution < -0.4 is 5.32 Å². The molecule has 0 radical (unpaired) electrons. The van der Waals surface area contributed by atoms with Gasteiger partial charge in [-0.1, -0.05) is 0 Å². The Balaban J connectivity index is 2.03. The predicted molar refractivity (Wildman–Crippen MR) is 66.3 cm³/mol. The maximum absolute atomic E-state index is 4.24. The fourth-order valence-electron chi connectivity index (χ4n) is 1.27. The average molecular weight is 236 g/mol. The Morgan fingerprint density at radius 1 is 1.44 bits per heavy atom. The van der Waals surface area contributed by atoms with Crippen molar-refractivity contribution >= 4 is 11.3 Å². The molecule has 0 aliphatic heterocycles. The first-order valence-electron chi connectivity index (χ1n) is 5.24. The Bertz CT molecular complexity index is 439. The van der Waals surface area contributed by atoms with Gasteiger partial charge in [-0.3, -0.25) is 5.10 Å². The van der Waals surface area contributed by atoms with Gasteiger partial charge in [0.2, 0.25) is 0 Å². The van der Waals surface area contributed by atoms with Crippen molar-refractivity contribution in [3.05, 3.63) is 23.3 Å². The molecule has 2 heterocycles. The SMILES string of the molecule is CC(C)(C)NCc1cc(-c2nccs2)n[nH]1. The number of rotatable bonds is 3. The van der Waals surface area contributed by atoms with Gasteiger partial charge in [0.25, 0.3) is 0 Å². The summed E-state index contributed by atoms with van der Waals surface area (Å²) in [6.45, 7) is 7.23. The van der Waals surface area contributed by atoms with E-state index in [1.807, 2.05) is 11.4 Å². The Morgan fingerprint density at radius 3 is 2.88 bits per heavy atom. The summed E-state index contributed by atoms with van der Waals surface area (Å²) in [5, 5.41) is 13.6. The van der Waals surface area contributed by atoms with Gasteiger partial charge in [0, 0.05) is 29.4 Å². The van der Waals surface area contributed by atoms with Crippen LogP contribution in [0.5, 0.6) is 0 Å². The van der Waals surface area contributed by atoms with Gasteiger partial charge < -0.3 is 5.32 Å². The summed E-state index contributed by atoms with van der Waals surface area (Å²) in [5.74, 6) is 0. The van der Waals surface area contributed by atoms with E-state index in [0.717, 1.165) is 22.9 Å². The molecule has 2 rings (SSSR count). The van der Waals surface area contributed by atoms with Gasteiger partial charge in [-0.15, -0.1) is 11.3 Å². The molecule has 0 saturated heterocycles. The third-order valence-electron chi connectivity index (χ3n) is 2.09. The molecule has 86 valence electrons. The summed E-state index contributed by atoms with van der Waals surface area (Å²) in [6, 6.07) is 2.04. The zero-order valence-corrected chi connectivity index (χ0v) is 10.6. The highest BCUT2D eigenvalue weighted by Gasteiger charge is 2.10. The maximum Gasteiger partial charge on any atom is 0.143 e. The first kappa shape index (κ1) is 11.3. The molecule has 0 atom stereocenters. The summed E-state index contributed by atoms with van der Waals surface area (Å²) in [4.78, 5) is 4.22. The minimum absolute atomic E-state index is 0.118. The second-order valence-corrected chi connectivity index (χ2v) is 5.61. The van der Waals surface area contributed by atoms with Crippen molar-refractivity contribution in [1.29, 1.82) is 0 Å². The average Bonchev–Trinajstić information content (AvgIpc) is 2.84. The molecule has 2 N–H and O–H groups in total. The van der Waals surface area contributed by atoms with Gasteiger partial charge in [-0.05, 0) is 26.8 Å². The lowest BCUT2D eigenvalue weighted by Gasteiger charge is -2.19. The lowest BCUT2D eigenvalue weighted by atomic mass is 10.1. The van der Waals surface area contributed by atoms with Crippen LogP contribution in [-0.4, -0.2) is 20.7 Å². The second-order valence-electron chi connectivity index (χ2n) is 4.72. The lowest BCUT2D eigenvalue weighted by molar-refractivity contribution is 0.421. The fourth-order valence-corrected chi connectivity index (χ4v) is 1.87. The van der Waals surface area contributed by atoms with E-state index in [0.29, 0.717) is 0 Å². The quantitative estimate of drug-likeness (QED) is 0.860. The van der Waals surface area contributed by atoms with Crippen LogP contribution in [0, 0.1) is 0 Å². The Hall–Kier alpha value is -1.20. The third kappa shape index (κ3) is 2.90. The van der Waals surface area contributed by atoms with Gasteiger partial charge in [-0.25, -0.2) is 4.98 Å². The van der Waals surface area contributed by atoms with Crippen LogP contribution in [0.3, 0.4) is 0 Å². The molecule has 0 fully saturated rings. The largest absolute Gasteiger partial charge is 0.306 e. The predicted octanol–water partition coefficient (Wildman–Crippen LogP) is 2.42. The molecule has 0 spiro atoms. The highest BCUT2D eigenvalue weighted by molar-refractivity contribution is 7.13. The van der Waals surface area contributed by atoms with E-state index in [1.165, 1.54) is 0 Å². The van der Waals surface area contributed by atoms with Crippen molar-refractivity contribution in [3.8, 4) is 10.7 Å². The molecule has 5 heteroatoms. The van der Waals surface area contributed by atoms with E-state index in [4.69, 9.17) is 0 Å². The summed E-state index contributed by atoms with van der Waals surface area (Å²) in [5.41, 5.74) is 2.12. The topological polar surface area (TPSA) is 53.6 Å². The van der Waals surface area contributed by atoms with Crippen LogP contribution in [-0.2, 0) is 6.54 Å². The van der Waals surface area contributed by atoms with Crippen molar-refractivity contribution in [2.45, 2.75) is 32.9 Å². The molecular formula is C11H16N4S. The van der Waals surface area contributed by atoms with Crippen LogP contribution in [0.1, 0.15) is 26.5 Å². The molecule has 0 aliphatic carbocycles. The first-order chi connectivity index (χ1) is 7.54. The minimum atomic E-state index is 0.118. The number of H-pyrrole nitrogens is 1. The molecule has 0 aliphatic rings. The molecule has 0 saturated carbocycles. The van der Waals surface area contributed by atoms with E-state index < -0.39 is 0 Å². The van der Waals surface area contributed by atoms with Crippen molar-refractivity contribution in [1.82, 2.24) is 20.5 Å². The Kier molecular flexibility index (Phi) is 3.07. The molecule has 2 aromatic rings. The minimum Gasteiger partial charge on any atom is -0.306 e. The van der Waals surface area contributed by atoms with Gasteiger partial charge >= 0.3 is 0 Å². The number of nitrogens with one attached hydrogen (secondary N) is 2. The van der Waals surface area contributed by atoms with Crippen molar-refractivity contribution in [2.24, 2.45) is 0 Å². The maximum atomic E-state index is 4.24. The molecule has 0 amide bonds. The van der Waals surface area contributed by atoms with E-state index in [2.05, 4.69) is 41.3 Å². The molecule has 4 nitrogen and oxygen atoms in total. The highest BCUT2D eigenvalue weighted by Crippen LogP contribution is 2.19. The highest BCUT2D eigenvalue weighted by atomic mass is 32.1. The van der Waals surface area contributed by atoms with Gasteiger partial charge in [0.1, 0.15) is 10.7 Å². The molecule has 0 unspecified atom stereocenters. The van der Waals surface area contributed by atoms with Crippen LogP contribution in [0.4, 0.5) is 0 Å². The summed E-state index contributed by atoms with van der Waals surface area (Å²) >= 11 is 1.60. The van der Waals surface area contributed by atoms with E-state index in [1.54, 1.807) is 17.5 Å². The smallest absolute Gasteiger partial charge is 0.143 e. The summed E-state index contributed by atoms with van der Waals surface area (Å²) < 4.78 is 0. The second kappa shape index (κ2) is 4.35. The van der Waals surface area contributed by atoms with E-state index in [9.17, 15) is 0 Å². The number of hydrogen-bond acceptors (Lipinski definition) is 4. The van der Waals surface area contributed by atoms with Crippen LogP contribution in [0.2, 0.25) is 0 Å². The number of thiazole rings is 1. The Morgan fingerprint density at radius 2 is 2.25 bits per heavy atom. The first-order valence-corrected chi connectivity index (χ1v) is 6.12. The van der Waals surface area contributed by atoms with Crippen LogP contribution >= 0.6 is 11.3 Å². The molecule has 2 aromatic heterocycles. The standard InChI is InChI=1S/C11H16N4S/c1-11(2,3)13-7-8-6-9(15-14-8)10-12-4-5-16-10/h4-6,13H,7H2,1-3H3,(H,14,15). The van der Waals surface area contributed by atoms with Crippen molar-refractivity contribution in [3.63, 3.8) is 0 Å². The molecule has 16 heavy (non-hydrogen) atoms.